The van der Waals surface area contributed by atoms with Crippen LogP contribution in [0.4, 0.5) is 5.69 Å². The summed E-state index contributed by atoms with van der Waals surface area (Å²) in [5, 5.41) is 3.22. The first-order valence-corrected chi connectivity index (χ1v) is 10.9. The highest BCUT2D eigenvalue weighted by Gasteiger charge is 2.20. The van der Waals surface area contributed by atoms with E-state index in [1.54, 1.807) is 67.8 Å². The molecule has 0 fully saturated rings. The van der Waals surface area contributed by atoms with Gasteiger partial charge in [0.1, 0.15) is 5.75 Å². The molecule has 3 rings (SSSR count). The standard InChI is InChI=1S/C26H24ClNO6/c1-17(26(31)18-7-9-19(27)10-8-18)33-25(30)16-15-24(29)28-20-11-13-21(14-12-20)34-23-6-4-3-5-22(23)32-2/h3-14,17H,15-16H2,1-2H3,(H,28,29). The van der Waals surface area contributed by atoms with Crippen molar-refractivity contribution in [2.24, 2.45) is 0 Å². The Balaban J connectivity index is 1.44. The molecule has 0 aromatic heterocycles. The van der Waals surface area contributed by atoms with Gasteiger partial charge in [0.05, 0.1) is 13.5 Å². The summed E-state index contributed by atoms with van der Waals surface area (Å²) in [7, 11) is 1.56. The Morgan fingerprint density at radius 3 is 2.18 bits per heavy atom. The van der Waals surface area contributed by atoms with Gasteiger partial charge >= 0.3 is 5.97 Å². The second-order valence-electron chi connectivity index (χ2n) is 7.33. The number of ketones is 1. The highest BCUT2D eigenvalue weighted by molar-refractivity contribution is 6.30. The van der Waals surface area contributed by atoms with Gasteiger partial charge < -0.3 is 19.5 Å². The Hall–Kier alpha value is -3.84. The molecule has 1 unspecified atom stereocenters. The number of esters is 1. The predicted molar refractivity (Wildman–Crippen MR) is 129 cm³/mol. The summed E-state index contributed by atoms with van der Waals surface area (Å²) in [6.07, 6.45) is -1.20. The quantitative estimate of drug-likeness (QED) is 0.296. The highest BCUT2D eigenvalue weighted by Crippen LogP contribution is 2.31. The van der Waals surface area contributed by atoms with Gasteiger partial charge in [0.15, 0.2) is 17.6 Å². The fourth-order valence-corrected chi connectivity index (χ4v) is 3.16. The van der Waals surface area contributed by atoms with Gasteiger partial charge in [0.25, 0.3) is 0 Å². The van der Waals surface area contributed by atoms with E-state index in [9.17, 15) is 14.4 Å². The fraction of sp³-hybridized carbons (Fsp3) is 0.192. The average Bonchev–Trinajstić information content (AvgIpc) is 2.84. The first kappa shape index (κ1) is 24.8. The van der Waals surface area contributed by atoms with Gasteiger partial charge in [0.2, 0.25) is 11.7 Å². The molecule has 0 radical (unpaired) electrons. The first-order valence-electron chi connectivity index (χ1n) is 10.6. The highest BCUT2D eigenvalue weighted by atomic mass is 35.5. The molecule has 7 nitrogen and oxygen atoms in total. The maximum Gasteiger partial charge on any atom is 0.307 e. The van der Waals surface area contributed by atoms with Crippen LogP contribution in [0.1, 0.15) is 30.1 Å². The summed E-state index contributed by atoms with van der Waals surface area (Å²) < 4.78 is 16.2. The van der Waals surface area contributed by atoms with Crippen LogP contribution in [-0.2, 0) is 14.3 Å². The zero-order chi connectivity index (χ0) is 24.5. The number of nitrogens with one attached hydrogen (secondary N) is 1. The van der Waals surface area contributed by atoms with Crippen LogP contribution in [0.2, 0.25) is 5.02 Å². The van der Waals surface area contributed by atoms with Crippen LogP contribution < -0.4 is 14.8 Å². The van der Waals surface area contributed by atoms with Gasteiger partial charge in [-0.1, -0.05) is 23.7 Å². The van der Waals surface area contributed by atoms with Gasteiger partial charge in [0, 0.05) is 22.7 Å². The third-order valence-electron chi connectivity index (χ3n) is 4.80. The maximum absolute atomic E-state index is 12.3. The number of benzene rings is 3. The molecular formula is C26H24ClNO6. The second-order valence-corrected chi connectivity index (χ2v) is 7.77. The molecule has 1 amide bonds. The minimum absolute atomic E-state index is 0.0832. The predicted octanol–water partition coefficient (Wildman–Crippen LogP) is 5.67. The number of hydrogen-bond acceptors (Lipinski definition) is 6. The largest absolute Gasteiger partial charge is 0.493 e. The molecule has 0 heterocycles. The second kappa shape index (κ2) is 11.9. The number of Topliss-reactive ketones (excluding diaryl/α,β-unsaturated/α-hetero) is 1. The lowest BCUT2D eigenvalue weighted by Crippen LogP contribution is -2.25. The van der Waals surface area contributed by atoms with Crippen LogP contribution >= 0.6 is 11.6 Å². The van der Waals surface area contributed by atoms with Crippen LogP contribution in [0.15, 0.2) is 72.8 Å². The molecule has 0 aliphatic rings. The number of hydrogen-bond donors (Lipinski definition) is 1. The van der Waals surface area contributed by atoms with Crippen molar-refractivity contribution < 1.29 is 28.6 Å². The van der Waals surface area contributed by atoms with E-state index >= 15 is 0 Å². The molecule has 0 saturated heterocycles. The number of ether oxygens (including phenoxy) is 3. The van der Waals surface area contributed by atoms with Crippen LogP contribution in [0, 0.1) is 0 Å². The van der Waals surface area contributed by atoms with Crippen molar-refractivity contribution in [3.63, 3.8) is 0 Å². The monoisotopic (exact) mass is 481 g/mol. The lowest BCUT2D eigenvalue weighted by Gasteiger charge is -2.13. The van der Waals surface area contributed by atoms with E-state index in [1.807, 2.05) is 12.1 Å². The summed E-state index contributed by atoms with van der Waals surface area (Å²) >= 11 is 5.82. The Bertz CT molecular complexity index is 1140. The maximum atomic E-state index is 12.3. The third kappa shape index (κ3) is 7.08. The van der Waals surface area contributed by atoms with Crippen molar-refractivity contribution in [3.8, 4) is 17.2 Å². The van der Waals surface area contributed by atoms with Crippen LogP contribution in [-0.4, -0.2) is 30.9 Å². The van der Waals surface area contributed by atoms with E-state index < -0.39 is 12.1 Å². The van der Waals surface area contributed by atoms with E-state index in [4.69, 9.17) is 25.8 Å². The van der Waals surface area contributed by atoms with E-state index in [1.165, 1.54) is 6.92 Å². The Morgan fingerprint density at radius 1 is 0.882 bits per heavy atom. The number of carbonyl (C=O) groups is 3. The normalized spacial score (nSPS) is 11.3. The third-order valence-corrected chi connectivity index (χ3v) is 5.05. The zero-order valence-corrected chi connectivity index (χ0v) is 19.5. The lowest BCUT2D eigenvalue weighted by molar-refractivity contribution is -0.147. The fourth-order valence-electron chi connectivity index (χ4n) is 3.03. The minimum Gasteiger partial charge on any atom is -0.493 e. The summed E-state index contributed by atoms with van der Waals surface area (Å²) in [6.45, 7) is 1.49. The summed E-state index contributed by atoms with van der Waals surface area (Å²) in [5.41, 5.74) is 0.942. The number of halogens is 1. The lowest BCUT2D eigenvalue weighted by atomic mass is 10.1. The zero-order valence-electron chi connectivity index (χ0n) is 18.7. The van der Waals surface area contributed by atoms with Gasteiger partial charge in [-0.3, -0.25) is 14.4 Å². The van der Waals surface area contributed by atoms with Crippen LogP contribution in [0.25, 0.3) is 0 Å². The first-order chi connectivity index (χ1) is 16.4. The number of methoxy groups -OCH3 is 1. The SMILES string of the molecule is COc1ccccc1Oc1ccc(NC(=O)CCC(=O)OC(C)C(=O)c2ccc(Cl)cc2)cc1. The molecule has 3 aromatic rings. The number of anilines is 1. The Labute approximate surface area is 202 Å². The van der Waals surface area contributed by atoms with E-state index in [0.29, 0.717) is 33.5 Å². The molecular weight excluding hydrogens is 458 g/mol. The topological polar surface area (TPSA) is 90.9 Å². The molecule has 1 N–H and O–H groups in total. The number of para-hydroxylation sites is 2. The molecule has 8 heteroatoms. The summed E-state index contributed by atoms with van der Waals surface area (Å²) in [6, 6.07) is 20.4. The van der Waals surface area contributed by atoms with Gasteiger partial charge in [-0.15, -0.1) is 0 Å². The Kier molecular flexibility index (Phi) is 8.65. The van der Waals surface area contributed by atoms with Crippen molar-refractivity contribution >= 4 is 34.9 Å². The van der Waals surface area contributed by atoms with Crippen LogP contribution in [0.3, 0.4) is 0 Å². The molecule has 0 saturated carbocycles. The van der Waals surface area contributed by atoms with E-state index in [2.05, 4.69) is 5.32 Å². The number of rotatable bonds is 10. The molecule has 0 aliphatic heterocycles. The van der Waals surface area contributed by atoms with Crippen molar-refractivity contribution in [2.45, 2.75) is 25.9 Å². The molecule has 0 bridgehead atoms. The van der Waals surface area contributed by atoms with Gasteiger partial charge in [-0.2, -0.15) is 0 Å². The van der Waals surface area contributed by atoms with E-state index in [0.717, 1.165) is 0 Å². The van der Waals surface area contributed by atoms with Gasteiger partial charge in [-0.05, 0) is 67.6 Å². The molecule has 3 aromatic carbocycles. The molecule has 176 valence electrons. The summed E-state index contributed by atoms with van der Waals surface area (Å²) in [5.74, 6) is 0.424. The van der Waals surface area contributed by atoms with Crippen molar-refractivity contribution in [1.82, 2.24) is 0 Å². The number of amides is 1. The molecule has 0 aliphatic carbocycles. The number of carbonyl (C=O) groups excluding carboxylic acids is 3. The van der Waals surface area contributed by atoms with Crippen molar-refractivity contribution in [3.05, 3.63) is 83.4 Å². The van der Waals surface area contributed by atoms with Crippen LogP contribution in [0.5, 0.6) is 17.2 Å². The smallest absolute Gasteiger partial charge is 0.307 e. The minimum atomic E-state index is -0.965. The molecule has 0 spiro atoms. The molecule has 1 atom stereocenters. The Morgan fingerprint density at radius 2 is 1.53 bits per heavy atom. The van der Waals surface area contributed by atoms with Crippen molar-refractivity contribution in [2.75, 3.05) is 12.4 Å². The molecule has 34 heavy (non-hydrogen) atoms. The van der Waals surface area contributed by atoms with E-state index in [-0.39, 0.29) is 24.5 Å². The van der Waals surface area contributed by atoms with Gasteiger partial charge in [-0.25, -0.2) is 0 Å². The average molecular weight is 482 g/mol. The van der Waals surface area contributed by atoms with Crippen molar-refractivity contribution in [1.29, 1.82) is 0 Å². The summed E-state index contributed by atoms with van der Waals surface area (Å²) in [4.78, 5) is 36.6.